The lowest BCUT2D eigenvalue weighted by Gasteiger charge is -2.39. The monoisotopic (exact) mass is 317 g/mol. The van der Waals surface area contributed by atoms with Crippen molar-refractivity contribution in [2.24, 2.45) is 0 Å². The highest BCUT2D eigenvalue weighted by Gasteiger charge is 2.34. The first-order valence-electron chi connectivity index (χ1n) is 7.33. The van der Waals surface area contributed by atoms with E-state index in [0.29, 0.717) is 5.56 Å². The molecule has 2 N–H and O–H groups in total. The predicted octanol–water partition coefficient (Wildman–Crippen LogP) is 3.00. The van der Waals surface area contributed by atoms with E-state index in [1.54, 1.807) is 23.9 Å². The lowest BCUT2D eigenvalue weighted by atomic mass is 10.1. The van der Waals surface area contributed by atoms with Gasteiger partial charge in [-0.2, -0.15) is 0 Å². The second-order valence-corrected chi connectivity index (χ2v) is 6.49. The van der Waals surface area contributed by atoms with E-state index in [-0.39, 0.29) is 4.99 Å². The number of carboxylic acid groups (broad SMARTS) is 1. The topological polar surface area (TPSA) is 67.2 Å². The van der Waals surface area contributed by atoms with Crippen LogP contribution in [0, 0.1) is 0 Å². The smallest absolute Gasteiger partial charge is 0.335 e. The van der Waals surface area contributed by atoms with E-state index in [4.69, 9.17) is 5.11 Å². The molecule has 2 heterocycles. The van der Waals surface area contributed by atoms with Crippen molar-refractivity contribution in [1.29, 1.82) is 0 Å². The number of hydrogen-bond donors (Lipinski definition) is 2. The number of hydrogen-bond acceptors (Lipinski definition) is 4. The lowest BCUT2D eigenvalue weighted by molar-refractivity contribution is 0.0697. The van der Waals surface area contributed by atoms with Crippen LogP contribution in [-0.2, 0) is 4.99 Å². The molecular weight excluding hydrogens is 298 g/mol. The lowest BCUT2D eigenvalue weighted by Crippen LogP contribution is -2.47. The number of thioether (sulfide) groups is 1. The molecule has 0 saturated carbocycles. The van der Waals surface area contributed by atoms with Crippen molar-refractivity contribution in [3.63, 3.8) is 0 Å². The van der Waals surface area contributed by atoms with Gasteiger partial charge in [-0.05, 0) is 49.8 Å². The van der Waals surface area contributed by atoms with Crippen LogP contribution < -0.4 is 5.32 Å². The van der Waals surface area contributed by atoms with Crippen LogP contribution in [0.4, 0.5) is 0 Å². The molecule has 1 fully saturated rings. The van der Waals surface area contributed by atoms with Gasteiger partial charge >= 0.3 is 5.97 Å². The van der Waals surface area contributed by atoms with Gasteiger partial charge in [0.1, 0.15) is 4.99 Å². The Morgan fingerprint density at radius 2 is 2.14 bits per heavy atom. The van der Waals surface area contributed by atoms with Crippen LogP contribution >= 0.6 is 11.8 Å². The number of aromatic carboxylic acids is 1. The Hall–Kier alpha value is -1.79. The molecule has 1 atom stereocenters. The number of nitrogens with one attached hydrogen (secondary N) is 1. The van der Waals surface area contributed by atoms with E-state index in [2.05, 4.69) is 21.1 Å². The number of benzene rings is 1. The second kappa shape index (κ2) is 6.14. The maximum atomic E-state index is 11.0. The maximum absolute atomic E-state index is 11.0. The van der Waals surface area contributed by atoms with Crippen molar-refractivity contribution >= 4 is 17.7 Å². The number of imidazole rings is 1. The number of rotatable bonds is 4. The molecule has 0 amide bonds. The number of aromatic nitrogens is 2. The third-order valence-corrected chi connectivity index (χ3v) is 5.36. The maximum Gasteiger partial charge on any atom is 0.335 e. The highest BCUT2D eigenvalue weighted by molar-refractivity contribution is 7.99. The van der Waals surface area contributed by atoms with Gasteiger partial charge in [0.2, 0.25) is 0 Å². The summed E-state index contributed by atoms with van der Waals surface area (Å²) in [6.07, 6.45) is 9.22. The van der Waals surface area contributed by atoms with Crippen molar-refractivity contribution < 1.29 is 9.90 Å². The SMILES string of the molecule is CSC1(n2cncc2-c2ccc(C(=O)O)cc2)CCCCN1. The summed E-state index contributed by atoms with van der Waals surface area (Å²) in [4.78, 5) is 15.1. The van der Waals surface area contributed by atoms with Gasteiger partial charge in [0.15, 0.2) is 0 Å². The zero-order chi connectivity index (χ0) is 15.6. The Kier molecular flexibility index (Phi) is 4.22. The first kappa shape index (κ1) is 15.1. The molecule has 2 aromatic rings. The third-order valence-electron chi connectivity index (χ3n) is 4.14. The van der Waals surface area contributed by atoms with Gasteiger partial charge in [0.25, 0.3) is 0 Å². The first-order chi connectivity index (χ1) is 10.7. The molecule has 1 aromatic heterocycles. The summed E-state index contributed by atoms with van der Waals surface area (Å²) in [5.74, 6) is -0.908. The molecule has 0 spiro atoms. The number of nitrogens with zero attached hydrogens (tertiary/aromatic N) is 2. The molecule has 116 valence electrons. The number of carbonyl (C=O) groups is 1. The molecular formula is C16H19N3O2S. The van der Waals surface area contributed by atoms with Crippen LogP contribution in [0.3, 0.4) is 0 Å². The minimum atomic E-state index is -0.908. The van der Waals surface area contributed by atoms with Gasteiger partial charge in [0, 0.05) is 0 Å². The van der Waals surface area contributed by atoms with Gasteiger partial charge in [-0.15, -0.1) is 11.8 Å². The molecule has 5 nitrogen and oxygen atoms in total. The molecule has 1 saturated heterocycles. The van der Waals surface area contributed by atoms with Crippen LogP contribution in [0.2, 0.25) is 0 Å². The molecule has 1 aliphatic rings. The molecule has 0 radical (unpaired) electrons. The van der Waals surface area contributed by atoms with Crippen LogP contribution in [0.15, 0.2) is 36.8 Å². The highest BCUT2D eigenvalue weighted by atomic mass is 32.2. The van der Waals surface area contributed by atoms with Crippen LogP contribution in [-0.4, -0.2) is 33.4 Å². The fourth-order valence-electron chi connectivity index (χ4n) is 2.92. The summed E-state index contributed by atoms with van der Waals surface area (Å²) in [6, 6.07) is 6.95. The van der Waals surface area contributed by atoms with Gasteiger partial charge in [-0.1, -0.05) is 12.1 Å². The Morgan fingerprint density at radius 1 is 1.36 bits per heavy atom. The fourth-order valence-corrected chi connectivity index (χ4v) is 3.86. The van der Waals surface area contributed by atoms with Gasteiger partial charge in [-0.3, -0.25) is 5.32 Å². The summed E-state index contributed by atoms with van der Waals surface area (Å²) in [7, 11) is 0. The van der Waals surface area contributed by atoms with E-state index >= 15 is 0 Å². The van der Waals surface area contributed by atoms with E-state index in [1.807, 2.05) is 24.7 Å². The molecule has 1 aliphatic heterocycles. The van der Waals surface area contributed by atoms with Crippen LogP contribution in [0.5, 0.6) is 0 Å². The van der Waals surface area contributed by atoms with Gasteiger partial charge in [0.05, 0.1) is 23.8 Å². The zero-order valence-corrected chi connectivity index (χ0v) is 13.3. The largest absolute Gasteiger partial charge is 0.478 e. The average molecular weight is 317 g/mol. The normalized spacial score (nSPS) is 21.7. The Morgan fingerprint density at radius 3 is 2.73 bits per heavy atom. The fraction of sp³-hybridized carbons (Fsp3) is 0.375. The summed E-state index contributed by atoms with van der Waals surface area (Å²) in [5, 5.41) is 12.6. The first-order valence-corrected chi connectivity index (χ1v) is 8.55. The molecule has 3 rings (SSSR count). The van der Waals surface area contributed by atoms with Crippen molar-refractivity contribution in [3.8, 4) is 11.3 Å². The molecule has 22 heavy (non-hydrogen) atoms. The third kappa shape index (κ3) is 2.64. The summed E-state index contributed by atoms with van der Waals surface area (Å²) < 4.78 is 2.17. The number of piperidine rings is 1. The van der Waals surface area contributed by atoms with Crippen molar-refractivity contribution in [3.05, 3.63) is 42.4 Å². The van der Waals surface area contributed by atoms with Crippen molar-refractivity contribution in [2.45, 2.75) is 24.3 Å². The predicted molar refractivity (Wildman–Crippen MR) is 88.0 cm³/mol. The van der Waals surface area contributed by atoms with E-state index in [9.17, 15) is 4.79 Å². The zero-order valence-electron chi connectivity index (χ0n) is 12.5. The van der Waals surface area contributed by atoms with Crippen molar-refractivity contribution in [2.75, 3.05) is 12.8 Å². The van der Waals surface area contributed by atoms with Crippen LogP contribution in [0.1, 0.15) is 29.6 Å². The number of carboxylic acids is 1. The minimum absolute atomic E-state index is 0.171. The van der Waals surface area contributed by atoms with Gasteiger partial charge < -0.3 is 9.67 Å². The Labute approximate surface area is 133 Å². The summed E-state index contributed by atoms with van der Waals surface area (Å²) in [6.45, 7) is 0.996. The van der Waals surface area contributed by atoms with E-state index in [0.717, 1.165) is 24.2 Å². The molecule has 1 unspecified atom stereocenters. The Balaban J connectivity index is 1.99. The average Bonchev–Trinajstić information content (AvgIpc) is 3.06. The molecule has 0 bridgehead atoms. The van der Waals surface area contributed by atoms with Gasteiger partial charge in [-0.25, -0.2) is 9.78 Å². The van der Waals surface area contributed by atoms with Crippen LogP contribution in [0.25, 0.3) is 11.3 Å². The second-order valence-electron chi connectivity index (χ2n) is 5.40. The molecule has 6 heteroatoms. The molecule has 0 aliphatic carbocycles. The van der Waals surface area contributed by atoms with Crippen molar-refractivity contribution in [1.82, 2.24) is 14.9 Å². The van der Waals surface area contributed by atoms with E-state index in [1.165, 1.54) is 12.8 Å². The Bertz CT molecular complexity index is 660. The summed E-state index contributed by atoms with van der Waals surface area (Å²) >= 11 is 1.79. The molecule has 1 aromatic carbocycles. The standard InChI is InChI=1S/C16H19N3O2S/c1-22-16(8-2-3-9-18-16)19-11-17-10-14(19)12-4-6-13(7-5-12)15(20)21/h4-7,10-11,18H,2-3,8-9H2,1H3,(H,20,21). The van der Waals surface area contributed by atoms with E-state index < -0.39 is 5.97 Å². The minimum Gasteiger partial charge on any atom is -0.478 e. The summed E-state index contributed by atoms with van der Waals surface area (Å²) in [5.41, 5.74) is 2.27. The highest BCUT2D eigenvalue weighted by Crippen LogP contribution is 2.37. The quantitative estimate of drug-likeness (QED) is 0.907.